The van der Waals surface area contributed by atoms with Gasteiger partial charge in [0.2, 0.25) is 5.78 Å². The molecule has 0 spiro atoms. The summed E-state index contributed by atoms with van der Waals surface area (Å²) >= 11 is 0. The van der Waals surface area contributed by atoms with Gasteiger partial charge in [0, 0.05) is 41.4 Å². The average Bonchev–Trinajstić information content (AvgIpc) is 3.56. The number of hydrogen-bond acceptors (Lipinski definition) is 9. The summed E-state index contributed by atoms with van der Waals surface area (Å²) in [5.41, 5.74) is -4.47. The number of carbonyl (C=O) groups is 5. The van der Waals surface area contributed by atoms with Crippen LogP contribution in [0.5, 0.6) is 0 Å². The van der Waals surface area contributed by atoms with Crippen LogP contribution in [0.25, 0.3) is 0 Å². The van der Waals surface area contributed by atoms with E-state index in [-0.39, 0.29) is 54.7 Å². The van der Waals surface area contributed by atoms with Crippen molar-refractivity contribution in [3.05, 3.63) is 35.5 Å². The molecule has 0 radical (unpaired) electrons. The molecule has 16 atom stereocenters. The second kappa shape index (κ2) is 14.1. The zero-order valence-electron chi connectivity index (χ0n) is 34.7. The Morgan fingerprint density at radius 1 is 0.877 bits per heavy atom. The first kappa shape index (κ1) is 40.8. The Balaban J connectivity index is 0.847. The number of alkyl halides is 1. The zero-order valence-corrected chi connectivity index (χ0v) is 34.7. The first-order chi connectivity index (χ1) is 26.8. The first-order valence-corrected chi connectivity index (χ1v) is 21.9. The van der Waals surface area contributed by atoms with E-state index >= 15 is 4.39 Å². The lowest BCUT2D eigenvalue weighted by molar-refractivity contribution is -0.220. The highest BCUT2D eigenvalue weighted by atomic mass is 19.1. The highest BCUT2D eigenvalue weighted by Crippen LogP contribution is 2.71. The molecule has 57 heavy (non-hydrogen) atoms. The minimum Gasteiger partial charge on any atom is -0.462 e. The van der Waals surface area contributed by atoms with Crippen molar-refractivity contribution in [2.24, 2.45) is 69.5 Å². The Bertz CT molecular complexity index is 1830. The molecule has 6 fully saturated rings. The van der Waals surface area contributed by atoms with Crippen molar-refractivity contribution in [1.82, 2.24) is 0 Å². The first-order valence-electron chi connectivity index (χ1n) is 21.9. The maximum absolute atomic E-state index is 17.5. The minimum absolute atomic E-state index is 0.0483. The number of aliphatic hydroxyl groups is 2. The Hall–Kier alpha value is -2.98. The number of ketones is 3. The van der Waals surface area contributed by atoms with Crippen LogP contribution in [0.3, 0.4) is 0 Å². The Labute approximate surface area is 336 Å². The van der Waals surface area contributed by atoms with E-state index in [1.807, 2.05) is 6.08 Å². The number of fused-ring (bicyclic) bond motifs is 10. The lowest BCUT2D eigenvalue weighted by atomic mass is 9.44. The number of hydrogen-bond donors (Lipinski definition) is 2. The lowest BCUT2D eigenvalue weighted by Gasteiger charge is -2.62. The Morgan fingerprint density at radius 2 is 1.61 bits per heavy atom. The molecular formula is C47H63FO9. The molecule has 0 heterocycles. The minimum atomic E-state index is -2.08. The fraction of sp³-hybridized carbons (Fsp3) is 0.766. The van der Waals surface area contributed by atoms with Gasteiger partial charge in [-0.2, -0.15) is 0 Å². The number of aliphatic hydroxyl groups excluding tert-OH is 1. The molecular weight excluding hydrogens is 728 g/mol. The molecule has 6 saturated carbocycles. The summed E-state index contributed by atoms with van der Waals surface area (Å²) in [7, 11) is 0. The number of allylic oxidation sites excluding steroid dienone is 5. The summed E-state index contributed by atoms with van der Waals surface area (Å²) in [4.78, 5) is 64.4. The van der Waals surface area contributed by atoms with E-state index in [2.05, 4.69) is 20.8 Å². The largest absolute Gasteiger partial charge is 0.462 e. The van der Waals surface area contributed by atoms with Crippen LogP contribution < -0.4 is 0 Å². The van der Waals surface area contributed by atoms with Gasteiger partial charge in [-0.3, -0.25) is 24.0 Å². The summed E-state index contributed by atoms with van der Waals surface area (Å²) < 4.78 is 29.1. The van der Waals surface area contributed by atoms with Gasteiger partial charge in [0.25, 0.3) is 0 Å². The van der Waals surface area contributed by atoms with Crippen LogP contribution in [0.1, 0.15) is 125 Å². The number of ether oxygens (including phenoxy) is 2. The monoisotopic (exact) mass is 790 g/mol. The average molecular weight is 791 g/mol. The van der Waals surface area contributed by atoms with Crippen molar-refractivity contribution in [1.29, 1.82) is 0 Å². The highest BCUT2D eigenvalue weighted by molar-refractivity contribution is 6.01. The fourth-order valence-corrected chi connectivity index (χ4v) is 15.3. The van der Waals surface area contributed by atoms with Crippen LogP contribution in [-0.4, -0.2) is 69.6 Å². The van der Waals surface area contributed by atoms with Gasteiger partial charge < -0.3 is 19.7 Å². The van der Waals surface area contributed by atoms with Gasteiger partial charge in [-0.05, 0) is 137 Å². The maximum Gasteiger partial charge on any atom is 0.306 e. The number of carbonyl (C=O) groups excluding carboxylic acids is 5. The molecule has 0 aromatic carbocycles. The molecule has 6 unspecified atom stereocenters. The molecule has 0 aromatic heterocycles. The molecule has 0 bridgehead atoms. The Morgan fingerprint density at radius 3 is 2.37 bits per heavy atom. The molecule has 0 aliphatic heterocycles. The molecule has 8 rings (SSSR count). The van der Waals surface area contributed by atoms with E-state index < -0.39 is 64.3 Å². The van der Waals surface area contributed by atoms with Gasteiger partial charge >= 0.3 is 11.9 Å². The molecule has 2 N–H and O–H groups in total. The van der Waals surface area contributed by atoms with Gasteiger partial charge in [-0.15, -0.1) is 0 Å². The summed E-state index contributed by atoms with van der Waals surface area (Å²) in [6, 6.07) is 0. The van der Waals surface area contributed by atoms with E-state index in [1.54, 1.807) is 26.8 Å². The molecule has 0 amide bonds. The van der Waals surface area contributed by atoms with Gasteiger partial charge in [0.05, 0.1) is 6.10 Å². The third-order valence-corrected chi connectivity index (χ3v) is 17.9. The van der Waals surface area contributed by atoms with Crippen molar-refractivity contribution in [2.75, 3.05) is 6.61 Å². The van der Waals surface area contributed by atoms with E-state index in [0.717, 1.165) is 32.1 Å². The van der Waals surface area contributed by atoms with Crippen molar-refractivity contribution in [2.45, 2.75) is 148 Å². The molecule has 312 valence electrons. The standard InChI is InChI=1S/C47H63FO9/c1-25-18-28-20-30(49)11-12-32(28)41-26(2)22-43(4)34(42(25)41)14-15-38(43)57-40(54)9-7-8-39(53)56-24-37(52)47(55)27(3)19-35-33-13-10-29-21-31(50)16-17-44(29,5)46(33,48)36(51)23-45(35,47)6/h16-17,20-21,25-27,32-36,38,41-42,51,55H,7-15,18-19,22-24H2,1-6H3/t25-,26+,27+,32?,33?,34?,35?,36+,38+,41?,42?,43+,44+,45+,46+,47+/m1/s1. The number of halogens is 1. The number of esters is 2. The van der Waals surface area contributed by atoms with Crippen molar-refractivity contribution < 1.29 is 48.0 Å². The van der Waals surface area contributed by atoms with Crippen LogP contribution in [0.2, 0.25) is 0 Å². The smallest absolute Gasteiger partial charge is 0.306 e. The SMILES string of the molecule is C[C@@H]1CC2=CC(=O)CCC2C2C1C1CC[C@H](OC(=O)CCCC(=O)OCC(=O)[C@@]3(O)[C@@H](C)CC4C5CCC6=CC(=O)C=C[C@]6(C)[C@@]5(F)[C@@H](O)C[C@@]43C)[C@@]1(C)C[C@@H]2C. The third kappa shape index (κ3) is 5.89. The molecule has 8 aliphatic carbocycles. The predicted molar refractivity (Wildman–Crippen MR) is 209 cm³/mol. The number of Topliss-reactive ketones (excluding diaryl/α,β-unsaturated/α-hetero) is 1. The topological polar surface area (TPSA) is 144 Å². The quantitative estimate of drug-likeness (QED) is 0.245. The van der Waals surface area contributed by atoms with E-state index in [1.165, 1.54) is 17.7 Å². The molecule has 0 saturated heterocycles. The van der Waals surface area contributed by atoms with Crippen LogP contribution in [0.4, 0.5) is 4.39 Å². The Kier molecular flexibility index (Phi) is 10.1. The van der Waals surface area contributed by atoms with Crippen molar-refractivity contribution >= 4 is 29.3 Å². The van der Waals surface area contributed by atoms with Crippen LogP contribution in [0, 0.1) is 69.5 Å². The third-order valence-electron chi connectivity index (χ3n) is 17.9. The zero-order chi connectivity index (χ0) is 41.0. The van der Waals surface area contributed by atoms with Crippen LogP contribution >= 0.6 is 0 Å². The van der Waals surface area contributed by atoms with Crippen molar-refractivity contribution in [3.63, 3.8) is 0 Å². The van der Waals surface area contributed by atoms with Gasteiger partial charge in [-0.25, -0.2) is 4.39 Å². The van der Waals surface area contributed by atoms with E-state index in [0.29, 0.717) is 66.8 Å². The van der Waals surface area contributed by atoms with Crippen LogP contribution in [-0.2, 0) is 33.4 Å². The van der Waals surface area contributed by atoms with E-state index in [9.17, 15) is 34.2 Å². The summed E-state index contributed by atoms with van der Waals surface area (Å²) in [6.07, 6.45) is 11.3. The summed E-state index contributed by atoms with van der Waals surface area (Å²) in [6.45, 7) is 11.6. The van der Waals surface area contributed by atoms with Crippen LogP contribution in [0.15, 0.2) is 35.5 Å². The number of rotatable bonds is 8. The fourth-order valence-electron chi connectivity index (χ4n) is 15.3. The highest BCUT2D eigenvalue weighted by Gasteiger charge is 2.75. The second-order valence-electron chi connectivity index (χ2n) is 20.6. The second-order valence-corrected chi connectivity index (χ2v) is 20.6. The summed E-state index contributed by atoms with van der Waals surface area (Å²) in [5.74, 6) is -0.257. The molecule has 10 heteroatoms. The normalized spacial score (nSPS) is 48.3. The molecule has 8 aliphatic rings. The van der Waals surface area contributed by atoms with Crippen molar-refractivity contribution in [3.8, 4) is 0 Å². The van der Waals surface area contributed by atoms with Gasteiger partial charge in [0.1, 0.15) is 11.7 Å². The lowest BCUT2D eigenvalue weighted by Crippen LogP contribution is -2.69. The maximum atomic E-state index is 17.5. The van der Waals surface area contributed by atoms with E-state index in [4.69, 9.17) is 9.47 Å². The molecule has 0 aromatic rings. The molecule has 9 nitrogen and oxygen atoms in total. The predicted octanol–water partition coefficient (Wildman–Crippen LogP) is 7.16. The van der Waals surface area contributed by atoms with Gasteiger partial charge in [-0.1, -0.05) is 51.8 Å². The summed E-state index contributed by atoms with van der Waals surface area (Å²) in [5, 5.41) is 23.8. The van der Waals surface area contributed by atoms with Gasteiger partial charge in [0.15, 0.2) is 23.8 Å².